The minimum absolute atomic E-state index is 0.00535. The first-order valence-corrected chi connectivity index (χ1v) is 6.65. The van der Waals surface area contributed by atoms with Crippen LogP contribution < -0.4 is 0 Å². The molecular formula is C14H15N5O2. The molecule has 0 aliphatic rings. The lowest BCUT2D eigenvalue weighted by molar-refractivity contribution is 0.292. The van der Waals surface area contributed by atoms with E-state index in [0.29, 0.717) is 24.6 Å². The van der Waals surface area contributed by atoms with Crippen molar-refractivity contribution >= 4 is 0 Å². The lowest BCUT2D eigenvalue weighted by Crippen LogP contribution is -2.08. The smallest absolute Gasteiger partial charge is 0.158 e. The van der Waals surface area contributed by atoms with Crippen LogP contribution in [-0.2, 0) is 13.0 Å². The average molecular weight is 285 g/mol. The molecule has 2 aromatic heterocycles. The summed E-state index contributed by atoms with van der Waals surface area (Å²) in [5.74, 6) is 1.28. The highest BCUT2D eigenvalue weighted by Gasteiger charge is 2.11. The molecule has 0 bridgehead atoms. The second kappa shape index (κ2) is 5.84. The van der Waals surface area contributed by atoms with Crippen molar-refractivity contribution in [1.82, 2.24) is 25.4 Å². The monoisotopic (exact) mass is 285 g/mol. The predicted octanol–water partition coefficient (Wildman–Crippen LogP) is 1.22. The zero-order valence-electron chi connectivity index (χ0n) is 11.6. The van der Waals surface area contributed by atoms with E-state index in [1.165, 1.54) is 5.56 Å². The van der Waals surface area contributed by atoms with Crippen molar-refractivity contribution in [3.63, 3.8) is 0 Å². The first-order valence-electron chi connectivity index (χ1n) is 6.65. The number of aliphatic hydroxyl groups is 1. The second-order valence-corrected chi connectivity index (χ2v) is 4.77. The molecule has 0 aliphatic carbocycles. The van der Waals surface area contributed by atoms with Gasteiger partial charge in [-0.15, -0.1) is 5.10 Å². The Morgan fingerprint density at radius 1 is 1.24 bits per heavy atom. The van der Waals surface area contributed by atoms with Gasteiger partial charge in [0.2, 0.25) is 0 Å². The molecule has 0 fully saturated rings. The molecule has 0 aliphatic heterocycles. The van der Waals surface area contributed by atoms with Crippen LogP contribution >= 0.6 is 0 Å². The maximum atomic E-state index is 8.96. The molecule has 108 valence electrons. The highest BCUT2D eigenvalue weighted by atomic mass is 16.5. The Morgan fingerprint density at radius 2 is 2.05 bits per heavy atom. The number of aryl methyl sites for hydroxylation is 1. The Balaban J connectivity index is 1.78. The molecule has 0 unspecified atom stereocenters. The maximum absolute atomic E-state index is 8.96. The van der Waals surface area contributed by atoms with E-state index in [9.17, 15) is 0 Å². The number of rotatable bonds is 5. The summed E-state index contributed by atoms with van der Waals surface area (Å²) in [7, 11) is 0. The minimum atomic E-state index is 0.00535. The van der Waals surface area contributed by atoms with Crippen LogP contribution in [0.3, 0.4) is 0 Å². The fourth-order valence-corrected chi connectivity index (χ4v) is 2.02. The van der Waals surface area contributed by atoms with Gasteiger partial charge >= 0.3 is 0 Å². The molecule has 0 saturated carbocycles. The van der Waals surface area contributed by atoms with E-state index in [2.05, 4.69) is 20.7 Å². The van der Waals surface area contributed by atoms with Gasteiger partial charge in [-0.3, -0.25) is 0 Å². The zero-order valence-corrected chi connectivity index (χ0v) is 11.6. The number of hydrogen-bond donors (Lipinski definition) is 1. The number of aliphatic hydroxyl groups excluding tert-OH is 1. The molecular weight excluding hydrogens is 270 g/mol. The molecule has 21 heavy (non-hydrogen) atoms. The van der Waals surface area contributed by atoms with Crippen molar-refractivity contribution in [3.05, 3.63) is 47.5 Å². The van der Waals surface area contributed by atoms with Gasteiger partial charge in [0.1, 0.15) is 12.2 Å². The van der Waals surface area contributed by atoms with Crippen LogP contribution in [0.25, 0.3) is 11.3 Å². The van der Waals surface area contributed by atoms with Gasteiger partial charge in [0.15, 0.2) is 11.6 Å². The van der Waals surface area contributed by atoms with Crippen LogP contribution in [0.15, 0.2) is 34.9 Å². The third kappa shape index (κ3) is 2.97. The SMILES string of the molecule is Cc1ccc(-c2cc(Cn3nnnc3CCO)on2)cc1. The Hall–Kier alpha value is -2.54. The number of benzene rings is 1. The van der Waals surface area contributed by atoms with Gasteiger partial charge < -0.3 is 9.63 Å². The summed E-state index contributed by atoms with van der Waals surface area (Å²) in [6.07, 6.45) is 0.409. The molecule has 2 heterocycles. The summed E-state index contributed by atoms with van der Waals surface area (Å²) in [6.45, 7) is 2.44. The van der Waals surface area contributed by atoms with Gasteiger partial charge in [-0.1, -0.05) is 35.0 Å². The van der Waals surface area contributed by atoms with Crippen LogP contribution in [0.2, 0.25) is 0 Å². The normalized spacial score (nSPS) is 11.0. The third-order valence-corrected chi connectivity index (χ3v) is 3.15. The molecule has 7 nitrogen and oxygen atoms in total. The van der Waals surface area contributed by atoms with E-state index in [-0.39, 0.29) is 6.61 Å². The first-order chi connectivity index (χ1) is 10.3. The lowest BCUT2D eigenvalue weighted by Gasteiger charge is -1.99. The number of aromatic nitrogens is 5. The Kier molecular flexibility index (Phi) is 3.74. The third-order valence-electron chi connectivity index (χ3n) is 3.15. The summed E-state index contributed by atoms with van der Waals surface area (Å²) in [5.41, 5.74) is 2.98. The molecule has 3 aromatic rings. The van der Waals surface area contributed by atoms with Gasteiger partial charge in [0.25, 0.3) is 0 Å². The molecule has 1 N–H and O–H groups in total. The van der Waals surface area contributed by atoms with Crippen LogP contribution in [0.1, 0.15) is 17.1 Å². The van der Waals surface area contributed by atoms with E-state index in [1.54, 1.807) is 4.68 Å². The number of hydrogen-bond acceptors (Lipinski definition) is 6. The van der Waals surface area contributed by atoms with Crippen molar-refractivity contribution in [1.29, 1.82) is 0 Å². The van der Waals surface area contributed by atoms with Gasteiger partial charge in [0, 0.05) is 18.1 Å². The average Bonchev–Trinajstić information content (AvgIpc) is 3.11. The van der Waals surface area contributed by atoms with Crippen LogP contribution in [0.5, 0.6) is 0 Å². The zero-order chi connectivity index (χ0) is 14.7. The summed E-state index contributed by atoms with van der Waals surface area (Å²) in [5, 5.41) is 24.4. The maximum Gasteiger partial charge on any atom is 0.158 e. The molecule has 7 heteroatoms. The van der Waals surface area contributed by atoms with Crippen molar-refractivity contribution in [2.24, 2.45) is 0 Å². The van der Waals surface area contributed by atoms with E-state index >= 15 is 0 Å². The summed E-state index contributed by atoms with van der Waals surface area (Å²) < 4.78 is 6.92. The van der Waals surface area contributed by atoms with Gasteiger partial charge in [-0.2, -0.15) is 0 Å². The van der Waals surface area contributed by atoms with Crippen molar-refractivity contribution < 1.29 is 9.63 Å². The Bertz CT molecular complexity index is 717. The standard InChI is InChI=1S/C14H15N5O2/c1-10-2-4-11(5-3-10)13-8-12(21-16-13)9-19-14(6-7-20)15-17-18-19/h2-5,8,20H,6-7,9H2,1H3. The van der Waals surface area contributed by atoms with Crippen LogP contribution in [0, 0.1) is 6.92 Å². The highest BCUT2D eigenvalue weighted by Crippen LogP contribution is 2.20. The quantitative estimate of drug-likeness (QED) is 0.758. The van der Waals surface area contributed by atoms with Gasteiger partial charge in [-0.05, 0) is 17.4 Å². The van der Waals surface area contributed by atoms with E-state index < -0.39 is 0 Å². The fraction of sp³-hybridized carbons (Fsp3) is 0.286. The molecule has 0 radical (unpaired) electrons. The van der Waals surface area contributed by atoms with E-state index in [1.807, 2.05) is 37.3 Å². The van der Waals surface area contributed by atoms with Gasteiger partial charge in [-0.25, -0.2) is 4.68 Å². The molecule has 0 atom stereocenters. The molecule has 0 spiro atoms. The topological polar surface area (TPSA) is 89.9 Å². The summed E-state index contributed by atoms with van der Waals surface area (Å²) >= 11 is 0. The van der Waals surface area contributed by atoms with Crippen molar-refractivity contribution in [2.45, 2.75) is 19.9 Å². The molecule has 0 amide bonds. The van der Waals surface area contributed by atoms with Crippen LogP contribution in [-0.4, -0.2) is 37.1 Å². The Morgan fingerprint density at radius 3 is 2.81 bits per heavy atom. The number of tetrazole rings is 1. The second-order valence-electron chi connectivity index (χ2n) is 4.77. The molecule has 0 saturated heterocycles. The lowest BCUT2D eigenvalue weighted by atomic mass is 10.1. The first kappa shape index (κ1) is 13.4. The predicted molar refractivity (Wildman–Crippen MR) is 74.4 cm³/mol. The fourth-order valence-electron chi connectivity index (χ4n) is 2.02. The van der Waals surface area contributed by atoms with Crippen molar-refractivity contribution in [2.75, 3.05) is 6.61 Å². The summed E-state index contributed by atoms with van der Waals surface area (Å²) in [4.78, 5) is 0. The largest absolute Gasteiger partial charge is 0.396 e. The Labute approximate surface area is 121 Å². The summed E-state index contributed by atoms with van der Waals surface area (Å²) in [6, 6.07) is 9.94. The highest BCUT2D eigenvalue weighted by molar-refractivity contribution is 5.59. The van der Waals surface area contributed by atoms with Crippen LogP contribution in [0.4, 0.5) is 0 Å². The van der Waals surface area contributed by atoms with Crippen molar-refractivity contribution in [3.8, 4) is 11.3 Å². The number of nitrogens with zero attached hydrogens (tertiary/aromatic N) is 5. The molecule has 1 aromatic carbocycles. The molecule has 3 rings (SSSR count). The minimum Gasteiger partial charge on any atom is -0.396 e. The van der Waals surface area contributed by atoms with Gasteiger partial charge in [0.05, 0.1) is 6.61 Å². The van der Waals surface area contributed by atoms with E-state index in [0.717, 1.165) is 11.3 Å². The van der Waals surface area contributed by atoms with E-state index in [4.69, 9.17) is 9.63 Å².